The molecule has 8 nitrogen and oxygen atoms in total. The number of fused-ring (bicyclic) bond motifs is 1. The van der Waals surface area contributed by atoms with Gasteiger partial charge in [0.15, 0.2) is 0 Å². The van der Waals surface area contributed by atoms with Gasteiger partial charge in [-0.05, 0) is 37.3 Å². The number of hydrogen-bond donors (Lipinski definition) is 2. The van der Waals surface area contributed by atoms with Gasteiger partial charge in [0, 0.05) is 12.6 Å². The fourth-order valence-electron chi connectivity index (χ4n) is 2.82. The van der Waals surface area contributed by atoms with Crippen molar-refractivity contribution < 1.29 is 14.3 Å². The molecular weight excluding hydrogens is 360 g/mol. The zero-order valence-corrected chi connectivity index (χ0v) is 15.8. The van der Waals surface area contributed by atoms with Crippen molar-refractivity contribution in [2.24, 2.45) is 0 Å². The van der Waals surface area contributed by atoms with Gasteiger partial charge in [-0.25, -0.2) is 4.98 Å². The monoisotopic (exact) mass is 380 g/mol. The van der Waals surface area contributed by atoms with Gasteiger partial charge >= 0.3 is 0 Å². The summed E-state index contributed by atoms with van der Waals surface area (Å²) in [5, 5.41) is 5.81. The zero-order chi connectivity index (χ0) is 20.3. The molecule has 1 heterocycles. The molecule has 0 atom stereocenters. The summed E-state index contributed by atoms with van der Waals surface area (Å²) in [7, 11) is 1.48. The summed E-state index contributed by atoms with van der Waals surface area (Å²) in [5.74, 6) is -0.220. The highest BCUT2D eigenvalue weighted by Crippen LogP contribution is 2.27. The maximum absolute atomic E-state index is 12.6. The number of rotatable bonds is 5. The molecule has 144 valence electrons. The number of hydrogen-bond acceptors (Lipinski definition) is 5. The van der Waals surface area contributed by atoms with E-state index in [4.69, 9.17) is 4.74 Å². The van der Waals surface area contributed by atoms with Crippen LogP contribution in [-0.4, -0.2) is 28.5 Å². The standard InChI is InChI=1S/C20H20N4O4/c1-12-4-6-16-15(8-12)20(27)24(11-21-16)10-19(26)23-17-9-14(22-13(2)25)5-7-18(17)28-3/h4-9,11H,10H2,1-3H3,(H,22,25)(H,23,26). The Morgan fingerprint density at radius 1 is 1.14 bits per heavy atom. The zero-order valence-electron chi connectivity index (χ0n) is 15.8. The molecule has 0 bridgehead atoms. The smallest absolute Gasteiger partial charge is 0.261 e. The second-order valence-electron chi connectivity index (χ2n) is 6.34. The van der Waals surface area contributed by atoms with E-state index in [0.29, 0.717) is 28.0 Å². The Morgan fingerprint density at radius 3 is 2.64 bits per heavy atom. The van der Waals surface area contributed by atoms with Crippen LogP contribution in [0.5, 0.6) is 5.75 Å². The van der Waals surface area contributed by atoms with Crippen molar-refractivity contribution in [3.8, 4) is 5.75 Å². The first-order chi connectivity index (χ1) is 13.4. The minimum atomic E-state index is -0.422. The molecule has 0 aliphatic rings. The van der Waals surface area contributed by atoms with Crippen molar-refractivity contribution in [3.63, 3.8) is 0 Å². The van der Waals surface area contributed by atoms with Gasteiger partial charge in [0.2, 0.25) is 11.8 Å². The summed E-state index contributed by atoms with van der Waals surface area (Å²) in [5.41, 5.74) is 2.13. The SMILES string of the molecule is COc1ccc(NC(C)=O)cc1NC(=O)Cn1cnc2ccc(C)cc2c1=O. The fraction of sp³-hybridized carbons (Fsp3) is 0.200. The highest BCUT2D eigenvalue weighted by Gasteiger charge is 2.12. The quantitative estimate of drug-likeness (QED) is 0.707. The van der Waals surface area contributed by atoms with Crippen molar-refractivity contribution in [1.82, 2.24) is 9.55 Å². The molecule has 0 saturated carbocycles. The van der Waals surface area contributed by atoms with Crippen LogP contribution in [0.4, 0.5) is 11.4 Å². The van der Waals surface area contributed by atoms with E-state index in [1.807, 2.05) is 13.0 Å². The molecule has 0 aliphatic heterocycles. The molecule has 0 aliphatic carbocycles. The van der Waals surface area contributed by atoms with Crippen molar-refractivity contribution in [2.75, 3.05) is 17.7 Å². The average molecular weight is 380 g/mol. The molecule has 2 amide bonds. The molecule has 0 radical (unpaired) electrons. The number of aromatic nitrogens is 2. The Labute approximate surface area is 161 Å². The molecule has 0 unspecified atom stereocenters. The summed E-state index contributed by atoms with van der Waals surface area (Å²) in [4.78, 5) is 40.6. The Hall–Kier alpha value is -3.68. The lowest BCUT2D eigenvalue weighted by Crippen LogP contribution is -2.28. The fourth-order valence-corrected chi connectivity index (χ4v) is 2.82. The molecule has 2 N–H and O–H groups in total. The van der Waals surface area contributed by atoms with Crippen molar-refractivity contribution in [2.45, 2.75) is 20.4 Å². The van der Waals surface area contributed by atoms with Crippen LogP contribution < -0.4 is 20.9 Å². The predicted molar refractivity (Wildman–Crippen MR) is 107 cm³/mol. The lowest BCUT2D eigenvalue weighted by atomic mass is 10.2. The van der Waals surface area contributed by atoms with Gasteiger partial charge in [-0.15, -0.1) is 0 Å². The third-order valence-electron chi connectivity index (χ3n) is 4.09. The van der Waals surface area contributed by atoms with Crippen molar-refractivity contribution in [1.29, 1.82) is 0 Å². The minimum Gasteiger partial charge on any atom is -0.495 e. The van der Waals surface area contributed by atoms with Gasteiger partial charge in [-0.3, -0.25) is 19.0 Å². The number of amides is 2. The van der Waals surface area contributed by atoms with E-state index in [9.17, 15) is 14.4 Å². The number of methoxy groups -OCH3 is 1. The Bertz CT molecular complexity index is 1120. The number of carbonyl (C=O) groups excluding carboxylic acids is 2. The van der Waals surface area contributed by atoms with Crippen molar-refractivity contribution >= 4 is 34.1 Å². The maximum atomic E-state index is 12.6. The molecule has 0 fully saturated rings. The number of aryl methyl sites for hydroxylation is 1. The van der Waals surface area contributed by atoms with E-state index in [-0.39, 0.29) is 18.0 Å². The molecule has 28 heavy (non-hydrogen) atoms. The predicted octanol–water partition coefficient (Wildman–Crippen LogP) is 2.31. The summed E-state index contributed by atoms with van der Waals surface area (Å²) in [6.45, 7) is 3.07. The molecule has 0 spiro atoms. The number of carbonyl (C=O) groups is 2. The molecule has 0 saturated heterocycles. The van der Waals surface area contributed by atoms with Crippen LogP contribution in [0.3, 0.4) is 0 Å². The maximum Gasteiger partial charge on any atom is 0.261 e. The average Bonchev–Trinajstić information content (AvgIpc) is 2.64. The lowest BCUT2D eigenvalue weighted by Gasteiger charge is -2.13. The van der Waals surface area contributed by atoms with E-state index in [1.54, 1.807) is 30.3 Å². The molecule has 1 aromatic heterocycles. The van der Waals surface area contributed by atoms with Gasteiger partial charge in [0.25, 0.3) is 5.56 Å². The van der Waals surface area contributed by atoms with Crippen LogP contribution in [0.15, 0.2) is 47.5 Å². The summed E-state index contributed by atoms with van der Waals surface area (Å²) >= 11 is 0. The van der Waals surface area contributed by atoms with Crippen LogP contribution in [0.1, 0.15) is 12.5 Å². The second-order valence-corrected chi connectivity index (χ2v) is 6.34. The summed E-state index contributed by atoms with van der Waals surface area (Å²) in [6.07, 6.45) is 1.35. The largest absolute Gasteiger partial charge is 0.495 e. The molecule has 2 aromatic carbocycles. The van der Waals surface area contributed by atoms with E-state index in [1.165, 1.54) is 24.9 Å². The number of benzene rings is 2. The molecule has 8 heteroatoms. The highest BCUT2D eigenvalue weighted by atomic mass is 16.5. The van der Waals surface area contributed by atoms with E-state index >= 15 is 0 Å². The minimum absolute atomic E-state index is 0.205. The Kier molecular flexibility index (Phi) is 5.39. The topological polar surface area (TPSA) is 102 Å². The van der Waals surface area contributed by atoms with Gasteiger partial charge in [-0.2, -0.15) is 0 Å². The van der Waals surface area contributed by atoms with E-state index in [2.05, 4.69) is 15.6 Å². The van der Waals surface area contributed by atoms with E-state index < -0.39 is 5.91 Å². The van der Waals surface area contributed by atoms with Crippen LogP contribution in [-0.2, 0) is 16.1 Å². The van der Waals surface area contributed by atoms with Crippen molar-refractivity contribution in [3.05, 3.63) is 58.6 Å². The Balaban J connectivity index is 1.84. The first kappa shape index (κ1) is 19.1. The summed E-state index contributed by atoms with van der Waals surface area (Å²) < 4.78 is 6.49. The first-order valence-electron chi connectivity index (χ1n) is 8.58. The van der Waals surface area contributed by atoms with Gasteiger partial charge < -0.3 is 15.4 Å². The Morgan fingerprint density at radius 2 is 1.93 bits per heavy atom. The van der Waals surface area contributed by atoms with E-state index in [0.717, 1.165) is 5.56 Å². The molecule has 3 rings (SSSR count). The number of ether oxygens (including phenoxy) is 1. The van der Waals surface area contributed by atoms with Gasteiger partial charge in [0.05, 0.1) is 30.0 Å². The van der Waals surface area contributed by atoms with Crippen LogP contribution in [0.2, 0.25) is 0 Å². The molecular formula is C20H20N4O4. The van der Waals surface area contributed by atoms with Crippen LogP contribution >= 0.6 is 0 Å². The second kappa shape index (κ2) is 7.91. The van der Waals surface area contributed by atoms with Crippen LogP contribution in [0.25, 0.3) is 10.9 Å². The number of anilines is 2. The third kappa shape index (κ3) is 4.17. The first-order valence-corrected chi connectivity index (χ1v) is 8.58. The molecule has 3 aromatic rings. The lowest BCUT2D eigenvalue weighted by molar-refractivity contribution is -0.117. The van der Waals surface area contributed by atoms with Crippen LogP contribution in [0, 0.1) is 6.92 Å². The number of nitrogens with zero attached hydrogens (tertiary/aromatic N) is 2. The third-order valence-corrected chi connectivity index (χ3v) is 4.09. The summed E-state index contributed by atoms with van der Waals surface area (Å²) in [6, 6.07) is 10.3. The normalized spacial score (nSPS) is 10.5. The highest BCUT2D eigenvalue weighted by molar-refractivity contribution is 5.95. The van der Waals surface area contributed by atoms with Gasteiger partial charge in [0.1, 0.15) is 12.3 Å². The number of nitrogens with one attached hydrogen (secondary N) is 2. The van der Waals surface area contributed by atoms with Gasteiger partial charge in [-0.1, -0.05) is 11.6 Å².